The minimum absolute atomic E-state index is 0.152. The number of amides is 2. The molecule has 0 unspecified atom stereocenters. The minimum atomic E-state index is -0.919. The lowest BCUT2D eigenvalue weighted by Gasteiger charge is -2.36. The van der Waals surface area contributed by atoms with Gasteiger partial charge in [0.05, 0.1) is 23.5 Å². The van der Waals surface area contributed by atoms with Crippen molar-refractivity contribution >= 4 is 63.6 Å². The lowest BCUT2D eigenvalue weighted by atomic mass is 10.1. The van der Waals surface area contributed by atoms with Crippen LogP contribution in [0.15, 0.2) is 28.0 Å². The number of rotatable bonds is 7. The number of anilines is 1. The molecule has 0 aliphatic carbocycles. The highest BCUT2D eigenvalue weighted by molar-refractivity contribution is 8.26. The summed E-state index contributed by atoms with van der Waals surface area (Å²) in [5, 5.41) is 2.77. The van der Waals surface area contributed by atoms with E-state index in [1.165, 1.54) is 15.4 Å². The lowest BCUT2D eigenvalue weighted by molar-refractivity contribution is -0.145. The van der Waals surface area contributed by atoms with E-state index in [0.29, 0.717) is 34.5 Å². The van der Waals surface area contributed by atoms with Crippen LogP contribution in [-0.2, 0) is 19.1 Å². The first-order chi connectivity index (χ1) is 17.3. The Labute approximate surface area is 217 Å². The van der Waals surface area contributed by atoms with Crippen LogP contribution in [0.4, 0.5) is 5.82 Å². The predicted octanol–water partition coefficient (Wildman–Crippen LogP) is 1.87. The summed E-state index contributed by atoms with van der Waals surface area (Å²) in [6, 6.07) is 2.66. The van der Waals surface area contributed by atoms with Crippen molar-refractivity contribution in [1.29, 1.82) is 0 Å². The van der Waals surface area contributed by atoms with Gasteiger partial charge in [0.2, 0.25) is 5.91 Å². The number of pyridine rings is 1. The Balaban J connectivity index is 1.90. The Hall–Kier alpha value is -3.25. The van der Waals surface area contributed by atoms with Crippen molar-refractivity contribution in [2.45, 2.75) is 39.7 Å². The Morgan fingerprint density at radius 2 is 2.11 bits per heavy atom. The summed E-state index contributed by atoms with van der Waals surface area (Å²) in [6.07, 6.45) is 3.65. The SMILES string of the molecule is CCCN1C(=O)/C(=C/c2c(N3CCNC(=O)[C@@H]3CC(=O)OCC)nc3c(C)cccn3c2=O)SC1=S. The summed E-state index contributed by atoms with van der Waals surface area (Å²) in [4.78, 5) is 60.2. The molecule has 1 N–H and O–H groups in total. The van der Waals surface area contributed by atoms with Crippen LogP contribution in [0.1, 0.15) is 37.8 Å². The first-order valence-corrected chi connectivity index (χ1v) is 13.0. The molecule has 4 heterocycles. The number of thiocarbonyl (C=S) groups is 1. The molecule has 0 aromatic carbocycles. The topological polar surface area (TPSA) is 113 Å². The first kappa shape index (κ1) is 25.8. The molecule has 12 heteroatoms. The number of nitrogens with zero attached hydrogens (tertiary/aromatic N) is 4. The molecule has 0 radical (unpaired) electrons. The average molecular weight is 530 g/mol. The van der Waals surface area contributed by atoms with E-state index in [0.717, 1.165) is 23.7 Å². The predicted molar refractivity (Wildman–Crippen MR) is 142 cm³/mol. The molecule has 0 saturated carbocycles. The maximum atomic E-state index is 13.7. The van der Waals surface area contributed by atoms with Crippen LogP contribution in [0, 0.1) is 6.92 Å². The van der Waals surface area contributed by atoms with Crippen molar-refractivity contribution in [2.24, 2.45) is 0 Å². The van der Waals surface area contributed by atoms with Crippen LogP contribution in [0.5, 0.6) is 0 Å². The Bertz CT molecular complexity index is 1340. The highest BCUT2D eigenvalue weighted by Gasteiger charge is 2.36. The number of piperazine rings is 1. The maximum Gasteiger partial charge on any atom is 0.308 e. The number of nitrogens with one attached hydrogen (secondary N) is 1. The fourth-order valence-corrected chi connectivity index (χ4v) is 5.53. The second-order valence-electron chi connectivity index (χ2n) is 8.38. The second-order valence-corrected chi connectivity index (χ2v) is 10.1. The van der Waals surface area contributed by atoms with Crippen molar-refractivity contribution in [1.82, 2.24) is 19.6 Å². The van der Waals surface area contributed by atoms with Gasteiger partial charge in [0, 0.05) is 25.8 Å². The van der Waals surface area contributed by atoms with Gasteiger partial charge in [0.1, 0.15) is 21.8 Å². The van der Waals surface area contributed by atoms with Crippen LogP contribution in [-0.4, -0.2) is 68.7 Å². The summed E-state index contributed by atoms with van der Waals surface area (Å²) in [7, 11) is 0. The number of carbonyl (C=O) groups excluding carboxylic acids is 3. The van der Waals surface area contributed by atoms with Crippen LogP contribution in [0.3, 0.4) is 0 Å². The van der Waals surface area contributed by atoms with Gasteiger partial charge in [-0.1, -0.05) is 37.0 Å². The molecule has 0 bridgehead atoms. The van der Waals surface area contributed by atoms with Gasteiger partial charge in [0.15, 0.2) is 0 Å². The number of ether oxygens (including phenoxy) is 1. The van der Waals surface area contributed by atoms with E-state index >= 15 is 0 Å². The molecule has 10 nitrogen and oxygen atoms in total. The normalized spacial score (nSPS) is 19.4. The third-order valence-corrected chi connectivity index (χ3v) is 7.31. The number of hydrogen-bond donors (Lipinski definition) is 1. The van der Waals surface area contributed by atoms with Crippen molar-refractivity contribution in [3.05, 3.63) is 44.7 Å². The Morgan fingerprint density at radius 3 is 2.83 bits per heavy atom. The van der Waals surface area contributed by atoms with Gasteiger partial charge < -0.3 is 15.0 Å². The summed E-state index contributed by atoms with van der Waals surface area (Å²) < 4.78 is 6.92. The van der Waals surface area contributed by atoms with Gasteiger partial charge in [-0.25, -0.2) is 4.98 Å². The lowest BCUT2D eigenvalue weighted by Crippen LogP contribution is -2.57. The zero-order valence-electron chi connectivity index (χ0n) is 20.3. The molecule has 2 amide bonds. The number of hydrogen-bond acceptors (Lipinski definition) is 9. The fourth-order valence-electron chi connectivity index (χ4n) is 4.24. The van der Waals surface area contributed by atoms with Crippen molar-refractivity contribution in [3.8, 4) is 0 Å². The standard InChI is InChI=1S/C24H27N5O5S2/c1-4-9-29-23(33)17(36-24(29)35)12-15-20(26-19-14(3)7-6-10-28(19)22(15)32)27-11-8-25-21(31)16(27)13-18(30)34-5-2/h6-7,10,12,16H,4-5,8-9,11,13H2,1-3H3,(H,25,31)/b17-12-/t16-/m0/s1. The van der Waals surface area contributed by atoms with Gasteiger partial charge in [-0.3, -0.25) is 28.5 Å². The highest BCUT2D eigenvalue weighted by Crippen LogP contribution is 2.34. The monoisotopic (exact) mass is 529 g/mol. The molecule has 190 valence electrons. The minimum Gasteiger partial charge on any atom is -0.466 e. The molecule has 0 spiro atoms. The summed E-state index contributed by atoms with van der Waals surface area (Å²) in [6.45, 7) is 6.78. The van der Waals surface area contributed by atoms with E-state index in [-0.39, 0.29) is 41.8 Å². The molecule has 4 rings (SSSR count). The van der Waals surface area contributed by atoms with Crippen molar-refractivity contribution in [3.63, 3.8) is 0 Å². The fraction of sp³-hybridized carbons (Fsp3) is 0.417. The number of carbonyl (C=O) groups is 3. The van der Waals surface area contributed by atoms with Crippen molar-refractivity contribution < 1.29 is 19.1 Å². The van der Waals surface area contributed by atoms with Crippen LogP contribution < -0.4 is 15.8 Å². The number of aromatic nitrogens is 2. The summed E-state index contributed by atoms with van der Waals surface area (Å²) in [5.41, 5.74) is 0.952. The molecule has 2 aliphatic heterocycles. The zero-order valence-corrected chi connectivity index (χ0v) is 21.9. The molecule has 2 aliphatic rings. The highest BCUT2D eigenvalue weighted by atomic mass is 32.2. The van der Waals surface area contributed by atoms with Gasteiger partial charge in [-0.05, 0) is 38.0 Å². The molecular formula is C24H27N5O5S2. The second kappa shape index (κ2) is 10.8. The smallest absolute Gasteiger partial charge is 0.308 e. The molecule has 2 aromatic heterocycles. The quantitative estimate of drug-likeness (QED) is 0.326. The van der Waals surface area contributed by atoms with E-state index in [2.05, 4.69) is 5.32 Å². The van der Waals surface area contributed by atoms with Gasteiger partial charge in [-0.2, -0.15) is 0 Å². The van der Waals surface area contributed by atoms with Crippen molar-refractivity contribution in [2.75, 3.05) is 31.1 Å². The summed E-state index contributed by atoms with van der Waals surface area (Å²) in [5.74, 6) is -0.924. The van der Waals surface area contributed by atoms with Crippen LogP contribution >= 0.6 is 24.0 Å². The maximum absolute atomic E-state index is 13.7. The first-order valence-electron chi connectivity index (χ1n) is 11.7. The summed E-state index contributed by atoms with van der Waals surface area (Å²) >= 11 is 6.51. The molecule has 1 atom stereocenters. The van der Waals surface area contributed by atoms with E-state index < -0.39 is 12.0 Å². The van der Waals surface area contributed by atoms with E-state index in [1.54, 1.807) is 24.1 Å². The molecule has 2 saturated heterocycles. The van der Waals surface area contributed by atoms with E-state index in [9.17, 15) is 19.2 Å². The number of fused-ring (bicyclic) bond motifs is 1. The van der Waals surface area contributed by atoms with Gasteiger partial charge in [-0.15, -0.1) is 0 Å². The third-order valence-electron chi connectivity index (χ3n) is 5.93. The number of thioether (sulfide) groups is 1. The zero-order chi connectivity index (χ0) is 26.0. The Morgan fingerprint density at radius 1 is 1.33 bits per heavy atom. The van der Waals surface area contributed by atoms with E-state index in [1.807, 2.05) is 19.9 Å². The number of aryl methyl sites for hydroxylation is 1. The van der Waals surface area contributed by atoms with Gasteiger partial charge >= 0.3 is 5.97 Å². The molecule has 36 heavy (non-hydrogen) atoms. The van der Waals surface area contributed by atoms with E-state index in [4.69, 9.17) is 21.9 Å². The largest absolute Gasteiger partial charge is 0.466 e. The average Bonchev–Trinajstić information content (AvgIpc) is 3.10. The molecule has 2 fully saturated rings. The third kappa shape index (κ3) is 4.87. The van der Waals surface area contributed by atoms with Crippen LogP contribution in [0.2, 0.25) is 0 Å². The molecular weight excluding hydrogens is 502 g/mol. The Kier molecular flexibility index (Phi) is 7.74. The van der Waals surface area contributed by atoms with Crippen LogP contribution in [0.25, 0.3) is 11.7 Å². The number of esters is 1. The molecule has 2 aromatic rings. The van der Waals surface area contributed by atoms with Gasteiger partial charge in [0.25, 0.3) is 11.5 Å².